The zero-order chi connectivity index (χ0) is 8.27. The van der Waals surface area contributed by atoms with Gasteiger partial charge < -0.3 is 5.11 Å². The third kappa shape index (κ3) is 2.19. The molecule has 1 fully saturated rings. The zero-order valence-corrected chi connectivity index (χ0v) is 6.79. The minimum Gasteiger partial charge on any atom is -0.480 e. The molecule has 0 saturated carbocycles. The molecule has 63 valence electrons. The normalized spacial score (nSPS) is 23.0. The van der Waals surface area contributed by atoms with Gasteiger partial charge in [0.25, 0.3) is 0 Å². The van der Waals surface area contributed by atoms with Gasteiger partial charge in [-0.1, -0.05) is 0 Å². The van der Waals surface area contributed by atoms with E-state index in [-0.39, 0.29) is 6.04 Å². The molecule has 1 heterocycles. The van der Waals surface area contributed by atoms with E-state index in [4.69, 9.17) is 5.11 Å². The maximum atomic E-state index is 10.5. The zero-order valence-electron chi connectivity index (χ0n) is 6.79. The Balaban J connectivity index is 2.38. The molecule has 0 spiro atoms. The van der Waals surface area contributed by atoms with Crippen LogP contribution < -0.4 is 0 Å². The standard InChI is InChI=1S/C8H14NO2/c1-7(8(10)11)9-5-3-2-4-6-9/h2,7H,3-6H2,1H3,(H,10,11). The van der Waals surface area contributed by atoms with Crippen molar-refractivity contribution in [1.82, 2.24) is 4.90 Å². The van der Waals surface area contributed by atoms with Gasteiger partial charge in [0.15, 0.2) is 0 Å². The lowest BCUT2D eigenvalue weighted by molar-refractivity contribution is -0.142. The monoisotopic (exact) mass is 156 g/mol. The number of piperidine rings is 1. The van der Waals surface area contributed by atoms with E-state index in [2.05, 4.69) is 6.42 Å². The van der Waals surface area contributed by atoms with Crippen LogP contribution in [-0.4, -0.2) is 35.1 Å². The first-order valence-corrected chi connectivity index (χ1v) is 4.00. The van der Waals surface area contributed by atoms with Crippen LogP contribution in [0.15, 0.2) is 0 Å². The van der Waals surface area contributed by atoms with E-state index in [9.17, 15) is 4.79 Å². The Morgan fingerprint density at radius 3 is 2.55 bits per heavy atom. The van der Waals surface area contributed by atoms with E-state index in [1.807, 2.05) is 4.90 Å². The van der Waals surface area contributed by atoms with E-state index < -0.39 is 5.97 Å². The number of hydrogen-bond acceptors (Lipinski definition) is 2. The van der Waals surface area contributed by atoms with Crippen LogP contribution in [0.5, 0.6) is 0 Å². The molecule has 1 aliphatic heterocycles. The quantitative estimate of drug-likeness (QED) is 0.641. The molecule has 0 aromatic heterocycles. The van der Waals surface area contributed by atoms with Crippen LogP contribution in [0.4, 0.5) is 0 Å². The van der Waals surface area contributed by atoms with E-state index in [1.165, 1.54) is 0 Å². The van der Waals surface area contributed by atoms with Gasteiger partial charge in [-0.05, 0) is 39.3 Å². The molecule has 0 aliphatic carbocycles. The number of carboxylic acid groups (broad SMARTS) is 1. The predicted molar refractivity (Wildman–Crippen MR) is 42.2 cm³/mol. The molecule has 1 unspecified atom stereocenters. The Morgan fingerprint density at radius 2 is 2.09 bits per heavy atom. The Bertz CT molecular complexity index is 141. The van der Waals surface area contributed by atoms with Crippen molar-refractivity contribution in [1.29, 1.82) is 0 Å². The van der Waals surface area contributed by atoms with Gasteiger partial charge in [-0.2, -0.15) is 0 Å². The smallest absolute Gasteiger partial charge is 0.320 e. The maximum Gasteiger partial charge on any atom is 0.320 e. The summed E-state index contributed by atoms with van der Waals surface area (Å²) in [6, 6.07) is -0.316. The minimum atomic E-state index is -0.716. The van der Waals surface area contributed by atoms with Crippen molar-refractivity contribution >= 4 is 5.97 Å². The molecular weight excluding hydrogens is 142 g/mol. The van der Waals surface area contributed by atoms with E-state index in [0.29, 0.717) is 0 Å². The molecule has 1 rings (SSSR count). The Kier molecular flexibility index (Phi) is 2.88. The van der Waals surface area contributed by atoms with Crippen molar-refractivity contribution < 1.29 is 9.90 Å². The second-order valence-corrected chi connectivity index (χ2v) is 2.92. The molecule has 0 amide bonds. The minimum absolute atomic E-state index is 0.316. The van der Waals surface area contributed by atoms with Crippen molar-refractivity contribution in [2.45, 2.75) is 25.8 Å². The number of likely N-dealkylation sites (tertiary alicyclic amines) is 1. The van der Waals surface area contributed by atoms with Crippen molar-refractivity contribution in [3.63, 3.8) is 0 Å². The highest BCUT2D eigenvalue weighted by atomic mass is 16.4. The molecule has 0 bridgehead atoms. The average molecular weight is 156 g/mol. The second-order valence-electron chi connectivity index (χ2n) is 2.92. The van der Waals surface area contributed by atoms with Gasteiger partial charge in [-0.3, -0.25) is 9.69 Å². The molecule has 1 radical (unpaired) electrons. The highest BCUT2D eigenvalue weighted by Gasteiger charge is 2.21. The van der Waals surface area contributed by atoms with Gasteiger partial charge in [-0.15, -0.1) is 0 Å². The van der Waals surface area contributed by atoms with Gasteiger partial charge in [0.1, 0.15) is 6.04 Å². The van der Waals surface area contributed by atoms with Crippen LogP contribution in [0.25, 0.3) is 0 Å². The molecule has 3 heteroatoms. The Morgan fingerprint density at radius 1 is 1.55 bits per heavy atom. The van der Waals surface area contributed by atoms with Crippen LogP contribution in [0.2, 0.25) is 0 Å². The number of hydrogen-bond donors (Lipinski definition) is 1. The fraction of sp³-hybridized carbons (Fsp3) is 0.750. The number of nitrogens with zero attached hydrogens (tertiary/aromatic N) is 1. The lowest BCUT2D eigenvalue weighted by Gasteiger charge is -2.29. The molecular formula is C8H14NO2. The highest BCUT2D eigenvalue weighted by molar-refractivity contribution is 5.72. The fourth-order valence-electron chi connectivity index (χ4n) is 1.31. The first-order valence-electron chi connectivity index (χ1n) is 4.00. The summed E-state index contributed by atoms with van der Waals surface area (Å²) in [5, 5.41) is 8.68. The lowest BCUT2D eigenvalue weighted by Crippen LogP contribution is -2.42. The summed E-state index contributed by atoms with van der Waals surface area (Å²) in [6.45, 7) is 3.54. The molecule has 0 aromatic rings. The molecule has 1 N–H and O–H groups in total. The summed E-state index contributed by atoms with van der Waals surface area (Å²) in [4.78, 5) is 12.5. The van der Waals surface area contributed by atoms with Gasteiger partial charge in [0, 0.05) is 0 Å². The van der Waals surface area contributed by atoms with Gasteiger partial charge in [0.2, 0.25) is 0 Å². The van der Waals surface area contributed by atoms with E-state index in [1.54, 1.807) is 6.92 Å². The SMILES string of the molecule is CC(C(=O)O)N1CC[CH]CC1. The largest absolute Gasteiger partial charge is 0.480 e. The van der Waals surface area contributed by atoms with Crippen LogP contribution in [0.3, 0.4) is 0 Å². The third-order valence-corrected chi connectivity index (χ3v) is 2.15. The molecule has 0 aromatic carbocycles. The van der Waals surface area contributed by atoms with Crippen LogP contribution >= 0.6 is 0 Å². The molecule has 1 atom stereocenters. The van der Waals surface area contributed by atoms with Gasteiger partial charge in [-0.25, -0.2) is 0 Å². The van der Waals surface area contributed by atoms with Crippen molar-refractivity contribution in [3.8, 4) is 0 Å². The lowest BCUT2D eigenvalue weighted by atomic mass is 10.1. The molecule has 3 nitrogen and oxygen atoms in total. The molecule has 11 heavy (non-hydrogen) atoms. The van der Waals surface area contributed by atoms with Crippen molar-refractivity contribution in [2.75, 3.05) is 13.1 Å². The van der Waals surface area contributed by atoms with Gasteiger partial charge in [0.05, 0.1) is 0 Å². The van der Waals surface area contributed by atoms with Crippen LogP contribution in [0.1, 0.15) is 19.8 Å². The average Bonchev–Trinajstić information content (AvgIpc) is 2.05. The number of aliphatic carboxylic acids is 1. The van der Waals surface area contributed by atoms with Gasteiger partial charge >= 0.3 is 5.97 Å². The summed E-state index contributed by atoms with van der Waals surface area (Å²) < 4.78 is 0. The first-order chi connectivity index (χ1) is 5.22. The van der Waals surface area contributed by atoms with E-state index >= 15 is 0 Å². The summed E-state index contributed by atoms with van der Waals surface area (Å²) >= 11 is 0. The van der Waals surface area contributed by atoms with Crippen molar-refractivity contribution in [3.05, 3.63) is 6.42 Å². The van der Waals surface area contributed by atoms with Crippen molar-refractivity contribution in [2.24, 2.45) is 0 Å². The van der Waals surface area contributed by atoms with Crippen LogP contribution in [0, 0.1) is 6.42 Å². The molecule has 1 saturated heterocycles. The summed E-state index contributed by atoms with van der Waals surface area (Å²) in [5.41, 5.74) is 0. The summed E-state index contributed by atoms with van der Waals surface area (Å²) in [5.74, 6) is -0.716. The Labute approximate surface area is 67.0 Å². The summed E-state index contributed by atoms with van der Waals surface area (Å²) in [6.07, 6.45) is 4.26. The molecule has 1 aliphatic rings. The highest BCUT2D eigenvalue weighted by Crippen LogP contribution is 2.10. The number of rotatable bonds is 2. The van der Waals surface area contributed by atoms with Crippen LogP contribution in [-0.2, 0) is 4.79 Å². The fourth-order valence-corrected chi connectivity index (χ4v) is 1.31. The van der Waals surface area contributed by atoms with E-state index in [0.717, 1.165) is 25.9 Å². The Hall–Kier alpha value is -0.570. The first kappa shape index (κ1) is 8.53. The second kappa shape index (κ2) is 3.72. The predicted octanol–water partition coefficient (Wildman–Crippen LogP) is 0.760. The third-order valence-electron chi connectivity index (χ3n) is 2.15. The summed E-state index contributed by atoms with van der Waals surface area (Å²) in [7, 11) is 0. The topological polar surface area (TPSA) is 40.5 Å². The number of carboxylic acids is 1. The maximum absolute atomic E-state index is 10.5. The number of carbonyl (C=O) groups is 1.